The van der Waals surface area contributed by atoms with E-state index in [1.165, 1.54) is 70.1 Å². The van der Waals surface area contributed by atoms with Gasteiger partial charge in [0.15, 0.2) is 0 Å². The number of allylic oxidation sites excluding steroid dienone is 1. The fourth-order valence-corrected chi connectivity index (χ4v) is 9.65. The lowest BCUT2D eigenvalue weighted by Gasteiger charge is -2.28. The molecule has 0 spiro atoms. The molecule has 0 bridgehead atoms. The SMILES string of the molecule is C1=Cc2c(c(-c3ccccc3)cc3oc4ccc(-c5ccc(N(c6ccc7sc8ccccc8c7c6)c6ccccc6-c6ccccc6)cc5)cc4c23)CC1. The fraction of sp³-hybridized carbons (Fsp3) is 0.0385. The third-order valence-electron chi connectivity index (χ3n) is 11.1. The predicted molar refractivity (Wildman–Crippen MR) is 235 cm³/mol. The molecule has 0 radical (unpaired) electrons. The molecule has 2 heterocycles. The maximum Gasteiger partial charge on any atom is 0.136 e. The minimum absolute atomic E-state index is 0.918. The van der Waals surface area contributed by atoms with Gasteiger partial charge in [-0.25, -0.2) is 0 Å². The van der Waals surface area contributed by atoms with Crippen LogP contribution in [0.15, 0.2) is 186 Å². The van der Waals surface area contributed by atoms with Crippen molar-refractivity contribution in [2.24, 2.45) is 0 Å². The number of anilines is 3. The Balaban J connectivity index is 1.04. The van der Waals surface area contributed by atoms with E-state index in [0.717, 1.165) is 46.5 Å². The van der Waals surface area contributed by atoms with Gasteiger partial charge in [-0.05, 0) is 112 Å². The quantitative estimate of drug-likeness (QED) is 0.170. The number of hydrogen-bond acceptors (Lipinski definition) is 3. The molecule has 3 heteroatoms. The smallest absolute Gasteiger partial charge is 0.136 e. The van der Waals surface area contributed by atoms with E-state index in [-0.39, 0.29) is 0 Å². The molecule has 0 atom stereocenters. The first kappa shape index (κ1) is 31.8. The molecule has 0 saturated heterocycles. The molecule has 10 aromatic rings. The molecule has 0 N–H and O–H groups in total. The van der Waals surface area contributed by atoms with Crippen LogP contribution in [0.25, 0.3) is 81.6 Å². The molecular formula is C52H35NOS. The Kier molecular flexibility index (Phi) is 7.53. The normalized spacial score (nSPS) is 12.5. The number of fused-ring (bicyclic) bond motifs is 8. The highest BCUT2D eigenvalue weighted by atomic mass is 32.1. The monoisotopic (exact) mass is 721 g/mol. The van der Waals surface area contributed by atoms with Gasteiger partial charge >= 0.3 is 0 Å². The Bertz CT molecular complexity index is 3080. The molecule has 0 unspecified atom stereocenters. The number of benzene rings is 8. The number of furan rings is 1. The molecule has 0 saturated carbocycles. The number of para-hydroxylation sites is 1. The second-order valence-corrected chi connectivity index (χ2v) is 15.4. The summed E-state index contributed by atoms with van der Waals surface area (Å²) in [5.74, 6) is 0. The van der Waals surface area contributed by atoms with Crippen LogP contribution in [0.5, 0.6) is 0 Å². The van der Waals surface area contributed by atoms with Crippen LogP contribution in [0.1, 0.15) is 17.5 Å². The van der Waals surface area contributed by atoms with Gasteiger partial charge in [-0.2, -0.15) is 0 Å². The second kappa shape index (κ2) is 13.0. The summed E-state index contributed by atoms with van der Waals surface area (Å²) in [5, 5.41) is 4.95. The minimum atomic E-state index is 0.918. The molecule has 0 aliphatic heterocycles. The van der Waals surface area contributed by atoms with Crippen molar-refractivity contribution >= 4 is 76.6 Å². The zero-order valence-electron chi connectivity index (χ0n) is 30.1. The minimum Gasteiger partial charge on any atom is -0.456 e. The van der Waals surface area contributed by atoms with Crippen LogP contribution in [0.2, 0.25) is 0 Å². The molecule has 0 amide bonds. The maximum atomic E-state index is 6.58. The third kappa shape index (κ3) is 5.39. The molecular weight excluding hydrogens is 687 g/mol. The van der Waals surface area contributed by atoms with Crippen molar-refractivity contribution in [3.8, 4) is 33.4 Å². The summed E-state index contributed by atoms with van der Waals surface area (Å²) in [7, 11) is 0. The number of nitrogens with zero attached hydrogens (tertiary/aromatic N) is 1. The zero-order valence-corrected chi connectivity index (χ0v) is 30.9. The lowest BCUT2D eigenvalue weighted by atomic mass is 9.86. The van der Waals surface area contributed by atoms with Crippen molar-refractivity contribution in [3.05, 3.63) is 193 Å². The van der Waals surface area contributed by atoms with Gasteiger partial charge in [-0.15, -0.1) is 11.3 Å². The van der Waals surface area contributed by atoms with Crippen molar-refractivity contribution in [2.75, 3.05) is 4.90 Å². The van der Waals surface area contributed by atoms with Gasteiger partial charge in [0, 0.05) is 47.9 Å². The van der Waals surface area contributed by atoms with Gasteiger partial charge < -0.3 is 9.32 Å². The molecule has 8 aromatic carbocycles. The number of hydrogen-bond donors (Lipinski definition) is 0. The molecule has 0 fully saturated rings. The first-order chi connectivity index (χ1) is 27.3. The van der Waals surface area contributed by atoms with Crippen LogP contribution in [-0.2, 0) is 6.42 Å². The standard InChI is InChI=1S/C52H35NOS/c1-3-13-35(14-4-1)40-17-9-11-21-47(40)53(39-28-30-51-45(32-39)42-19-10-12-22-50(42)55-51)38-26-23-34(24-27-38)37-25-29-48-46(31-37)52-43-20-8-7-18-41(43)44(33-49(52)54-48)36-15-5-2-6-16-36/h1-6,8-17,19-33H,7,18H2. The van der Waals surface area contributed by atoms with Crippen LogP contribution in [0.4, 0.5) is 17.1 Å². The van der Waals surface area contributed by atoms with E-state index in [1.54, 1.807) is 0 Å². The lowest BCUT2D eigenvalue weighted by molar-refractivity contribution is 0.669. The molecule has 2 nitrogen and oxygen atoms in total. The van der Waals surface area contributed by atoms with Crippen molar-refractivity contribution in [1.82, 2.24) is 0 Å². The van der Waals surface area contributed by atoms with Gasteiger partial charge in [-0.1, -0.05) is 127 Å². The summed E-state index contributed by atoms with van der Waals surface area (Å²) >= 11 is 1.85. The van der Waals surface area contributed by atoms with E-state index in [0.29, 0.717) is 0 Å². The highest BCUT2D eigenvalue weighted by Crippen LogP contribution is 2.45. The largest absolute Gasteiger partial charge is 0.456 e. The van der Waals surface area contributed by atoms with Gasteiger partial charge in [-0.3, -0.25) is 0 Å². The van der Waals surface area contributed by atoms with E-state index < -0.39 is 0 Å². The summed E-state index contributed by atoms with van der Waals surface area (Å²) in [4.78, 5) is 2.41. The highest BCUT2D eigenvalue weighted by Gasteiger charge is 2.22. The predicted octanol–water partition coefficient (Wildman–Crippen LogP) is 15.4. The topological polar surface area (TPSA) is 16.4 Å². The second-order valence-electron chi connectivity index (χ2n) is 14.4. The summed E-state index contributed by atoms with van der Waals surface area (Å²) in [6.07, 6.45) is 6.69. The van der Waals surface area contributed by atoms with Gasteiger partial charge in [0.25, 0.3) is 0 Å². The molecule has 1 aliphatic carbocycles. The number of thiophene rings is 1. The van der Waals surface area contributed by atoms with Gasteiger partial charge in [0.1, 0.15) is 11.2 Å². The van der Waals surface area contributed by atoms with E-state index in [2.05, 4.69) is 193 Å². The first-order valence-electron chi connectivity index (χ1n) is 19.0. The summed E-state index contributed by atoms with van der Waals surface area (Å²) in [6.45, 7) is 0. The average Bonchev–Trinajstić information content (AvgIpc) is 3.82. The molecule has 1 aliphatic rings. The van der Waals surface area contributed by atoms with Crippen molar-refractivity contribution in [3.63, 3.8) is 0 Å². The molecule has 55 heavy (non-hydrogen) atoms. The van der Waals surface area contributed by atoms with Crippen molar-refractivity contribution in [1.29, 1.82) is 0 Å². The Morgan fingerprint density at radius 2 is 1.16 bits per heavy atom. The fourth-order valence-electron chi connectivity index (χ4n) is 8.56. The summed E-state index contributed by atoms with van der Waals surface area (Å²) < 4.78 is 9.19. The van der Waals surface area contributed by atoms with Gasteiger partial charge in [0.2, 0.25) is 0 Å². The maximum absolute atomic E-state index is 6.58. The van der Waals surface area contributed by atoms with E-state index >= 15 is 0 Å². The van der Waals surface area contributed by atoms with E-state index in [4.69, 9.17) is 4.42 Å². The van der Waals surface area contributed by atoms with Crippen molar-refractivity contribution < 1.29 is 4.42 Å². The number of rotatable bonds is 6. The van der Waals surface area contributed by atoms with Crippen LogP contribution in [-0.4, -0.2) is 0 Å². The van der Waals surface area contributed by atoms with Crippen LogP contribution in [0.3, 0.4) is 0 Å². The third-order valence-corrected chi connectivity index (χ3v) is 12.3. The summed E-state index contributed by atoms with van der Waals surface area (Å²) in [5.41, 5.74) is 15.2. The van der Waals surface area contributed by atoms with Gasteiger partial charge in [0.05, 0.1) is 5.69 Å². The molecule has 2 aromatic heterocycles. The lowest BCUT2D eigenvalue weighted by Crippen LogP contribution is -2.11. The van der Waals surface area contributed by atoms with E-state index in [1.807, 2.05) is 11.3 Å². The van der Waals surface area contributed by atoms with Crippen LogP contribution in [0, 0.1) is 0 Å². The summed E-state index contributed by atoms with van der Waals surface area (Å²) in [6, 6.07) is 63.8. The molecule has 11 rings (SSSR count). The Hall–Kier alpha value is -6.68. The Morgan fingerprint density at radius 1 is 0.473 bits per heavy atom. The first-order valence-corrected chi connectivity index (χ1v) is 19.8. The van der Waals surface area contributed by atoms with Crippen molar-refractivity contribution in [2.45, 2.75) is 12.8 Å². The highest BCUT2D eigenvalue weighted by molar-refractivity contribution is 7.25. The zero-order chi connectivity index (χ0) is 36.3. The van der Waals surface area contributed by atoms with E-state index in [9.17, 15) is 0 Å². The Morgan fingerprint density at radius 3 is 2.00 bits per heavy atom. The van der Waals surface area contributed by atoms with Crippen LogP contribution >= 0.6 is 11.3 Å². The average molecular weight is 722 g/mol. The van der Waals surface area contributed by atoms with Crippen LogP contribution < -0.4 is 4.90 Å². The molecule has 260 valence electrons. The Labute approximate surface area is 323 Å².